The molecule has 2 aromatic rings. The van der Waals surface area contributed by atoms with Crippen molar-refractivity contribution in [2.45, 2.75) is 31.9 Å². The lowest BCUT2D eigenvalue weighted by Crippen LogP contribution is -2.35. The standard InChI is InChI=1S/C13H15N5O2/c19-12(15-20-11-7-4-8-11)9-18-13(14-16-17-18)10-5-2-1-3-6-10/h1-3,5-6,11H,4,7-9H2,(H,15,19). The lowest BCUT2D eigenvalue weighted by atomic mass is 9.97. The van der Waals surface area contributed by atoms with Gasteiger partial charge >= 0.3 is 0 Å². The highest BCUT2D eigenvalue weighted by molar-refractivity contribution is 5.75. The third-order valence-corrected chi connectivity index (χ3v) is 3.25. The minimum Gasteiger partial charge on any atom is -0.271 e. The molecule has 1 aromatic carbocycles. The molecule has 1 aliphatic rings. The number of hydroxylamine groups is 1. The fourth-order valence-corrected chi connectivity index (χ4v) is 1.91. The lowest BCUT2D eigenvalue weighted by molar-refractivity contribution is -0.143. The summed E-state index contributed by atoms with van der Waals surface area (Å²) in [6.07, 6.45) is 3.31. The Kier molecular flexibility index (Phi) is 3.69. The van der Waals surface area contributed by atoms with E-state index in [-0.39, 0.29) is 18.6 Å². The van der Waals surface area contributed by atoms with Crippen LogP contribution < -0.4 is 5.48 Å². The molecule has 7 nitrogen and oxygen atoms in total. The Bertz CT molecular complexity index is 579. The van der Waals surface area contributed by atoms with Crippen LogP contribution in [0.15, 0.2) is 30.3 Å². The zero-order chi connectivity index (χ0) is 13.8. The first kappa shape index (κ1) is 12.7. The van der Waals surface area contributed by atoms with Crippen molar-refractivity contribution in [2.24, 2.45) is 0 Å². The van der Waals surface area contributed by atoms with Crippen molar-refractivity contribution in [3.63, 3.8) is 0 Å². The predicted octanol–water partition coefficient (Wildman–Crippen LogP) is 0.940. The van der Waals surface area contributed by atoms with Gasteiger partial charge in [-0.25, -0.2) is 10.2 Å². The van der Waals surface area contributed by atoms with Crippen molar-refractivity contribution in [1.82, 2.24) is 25.7 Å². The molecule has 0 aliphatic heterocycles. The number of hydrogen-bond acceptors (Lipinski definition) is 5. The van der Waals surface area contributed by atoms with E-state index in [1.54, 1.807) is 0 Å². The Morgan fingerprint density at radius 2 is 2.15 bits per heavy atom. The number of rotatable bonds is 5. The van der Waals surface area contributed by atoms with E-state index in [1.165, 1.54) is 4.68 Å². The van der Waals surface area contributed by atoms with Gasteiger partial charge in [0.2, 0.25) is 0 Å². The summed E-state index contributed by atoms with van der Waals surface area (Å²) < 4.78 is 1.45. The molecule has 1 aromatic heterocycles. The van der Waals surface area contributed by atoms with E-state index in [4.69, 9.17) is 4.84 Å². The number of amides is 1. The fourth-order valence-electron chi connectivity index (χ4n) is 1.91. The first-order valence-electron chi connectivity index (χ1n) is 6.59. The molecule has 1 amide bonds. The molecule has 20 heavy (non-hydrogen) atoms. The average molecular weight is 273 g/mol. The minimum absolute atomic E-state index is 0.0317. The third kappa shape index (κ3) is 2.83. The topological polar surface area (TPSA) is 81.9 Å². The van der Waals surface area contributed by atoms with Gasteiger partial charge in [0.25, 0.3) is 5.91 Å². The van der Waals surface area contributed by atoms with Gasteiger partial charge < -0.3 is 0 Å². The van der Waals surface area contributed by atoms with E-state index in [0.29, 0.717) is 5.82 Å². The summed E-state index contributed by atoms with van der Waals surface area (Å²) in [5, 5.41) is 11.4. The Morgan fingerprint density at radius 3 is 2.85 bits per heavy atom. The highest BCUT2D eigenvalue weighted by Gasteiger charge is 2.20. The molecular weight excluding hydrogens is 258 g/mol. The fraction of sp³-hybridized carbons (Fsp3) is 0.385. The molecule has 7 heteroatoms. The van der Waals surface area contributed by atoms with Crippen molar-refractivity contribution in [2.75, 3.05) is 0 Å². The maximum Gasteiger partial charge on any atom is 0.265 e. The summed E-state index contributed by atoms with van der Waals surface area (Å²) in [6.45, 7) is 0.0317. The zero-order valence-corrected chi connectivity index (χ0v) is 10.9. The summed E-state index contributed by atoms with van der Waals surface area (Å²) in [6, 6.07) is 9.50. The second-order valence-electron chi connectivity index (χ2n) is 4.72. The quantitative estimate of drug-likeness (QED) is 0.820. The smallest absolute Gasteiger partial charge is 0.265 e. The van der Waals surface area contributed by atoms with E-state index in [1.807, 2.05) is 30.3 Å². The molecule has 0 unspecified atom stereocenters. The zero-order valence-electron chi connectivity index (χ0n) is 10.9. The van der Waals surface area contributed by atoms with Crippen molar-refractivity contribution in [3.8, 4) is 11.4 Å². The Morgan fingerprint density at radius 1 is 1.35 bits per heavy atom. The van der Waals surface area contributed by atoms with E-state index in [2.05, 4.69) is 21.0 Å². The lowest BCUT2D eigenvalue weighted by Gasteiger charge is -2.24. The van der Waals surface area contributed by atoms with E-state index >= 15 is 0 Å². The normalized spacial score (nSPS) is 14.8. The number of benzene rings is 1. The second-order valence-corrected chi connectivity index (χ2v) is 4.72. The van der Waals surface area contributed by atoms with Crippen LogP contribution in [-0.2, 0) is 16.2 Å². The Balaban J connectivity index is 1.63. The van der Waals surface area contributed by atoms with Crippen LogP contribution in [0.3, 0.4) is 0 Å². The molecule has 1 fully saturated rings. The number of carbonyl (C=O) groups is 1. The van der Waals surface area contributed by atoms with E-state index in [9.17, 15) is 4.79 Å². The van der Waals surface area contributed by atoms with Crippen molar-refractivity contribution in [3.05, 3.63) is 30.3 Å². The van der Waals surface area contributed by atoms with Crippen LogP contribution in [0, 0.1) is 0 Å². The van der Waals surface area contributed by atoms with Crippen LogP contribution in [0.1, 0.15) is 19.3 Å². The van der Waals surface area contributed by atoms with E-state index < -0.39 is 0 Å². The predicted molar refractivity (Wildman–Crippen MR) is 70.1 cm³/mol. The highest BCUT2D eigenvalue weighted by atomic mass is 16.7. The SMILES string of the molecule is O=C(Cn1nnnc1-c1ccccc1)NOC1CCC1. The van der Waals surface area contributed by atoms with Gasteiger partial charge in [-0.2, -0.15) is 0 Å². The molecule has 0 saturated heterocycles. The van der Waals surface area contributed by atoms with Gasteiger partial charge in [0, 0.05) is 5.56 Å². The van der Waals surface area contributed by atoms with Gasteiger partial charge in [-0.3, -0.25) is 9.63 Å². The summed E-state index contributed by atoms with van der Waals surface area (Å²) in [5.74, 6) is 0.297. The molecule has 0 bridgehead atoms. The molecule has 1 aliphatic carbocycles. The van der Waals surface area contributed by atoms with Gasteiger partial charge in [-0.1, -0.05) is 30.3 Å². The molecule has 0 atom stereocenters. The maximum atomic E-state index is 11.8. The van der Waals surface area contributed by atoms with Crippen LogP contribution in [0.4, 0.5) is 0 Å². The van der Waals surface area contributed by atoms with Crippen LogP contribution in [-0.4, -0.2) is 32.2 Å². The second kappa shape index (κ2) is 5.79. The van der Waals surface area contributed by atoms with Crippen LogP contribution in [0.5, 0.6) is 0 Å². The number of hydrogen-bond donors (Lipinski definition) is 1. The monoisotopic (exact) mass is 273 g/mol. The molecule has 0 spiro atoms. The highest BCUT2D eigenvalue weighted by Crippen LogP contribution is 2.20. The molecule has 1 heterocycles. The van der Waals surface area contributed by atoms with Crippen LogP contribution >= 0.6 is 0 Å². The van der Waals surface area contributed by atoms with Gasteiger partial charge in [0.05, 0.1) is 6.10 Å². The minimum atomic E-state index is -0.263. The molecule has 0 radical (unpaired) electrons. The first-order chi connectivity index (χ1) is 9.83. The molecule has 1 N–H and O–H groups in total. The molecule has 3 rings (SSSR count). The summed E-state index contributed by atoms with van der Waals surface area (Å²) in [7, 11) is 0. The molecule has 104 valence electrons. The summed E-state index contributed by atoms with van der Waals surface area (Å²) in [5.41, 5.74) is 3.31. The van der Waals surface area contributed by atoms with Gasteiger partial charge in [-0.05, 0) is 29.7 Å². The Hall–Kier alpha value is -2.28. The van der Waals surface area contributed by atoms with Crippen molar-refractivity contribution < 1.29 is 9.63 Å². The van der Waals surface area contributed by atoms with Crippen molar-refractivity contribution >= 4 is 5.91 Å². The first-order valence-corrected chi connectivity index (χ1v) is 6.59. The largest absolute Gasteiger partial charge is 0.271 e. The van der Waals surface area contributed by atoms with Crippen LogP contribution in [0.2, 0.25) is 0 Å². The van der Waals surface area contributed by atoms with E-state index in [0.717, 1.165) is 24.8 Å². The van der Waals surface area contributed by atoms with Gasteiger partial charge in [0.1, 0.15) is 6.54 Å². The van der Waals surface area contributed by atoms with Gasteiger partial charge in [-0.15, -0.1) is 5.10 Å². The Labute approximate surface area is 115 Å². The molecule has 1 saturated carbocycles. The summed E-state index contributed by atoms with van der Waals surface area (Å²) >= 11 is 0. The van der Waals surface area contributed by atoms with Crippen molar-refractivity contribution in [1.29, 1.82) is 0 Å². The third-order valence-electron chi connectivity index (χ3n) is 3.25. The summed E-state index contributed by atoms with van der Waals surface area (Å²) in [4.78, 5) is 17.0. The van der Waals surface area contributed by atoms with Gasteiger partial charge in [0.15, 0.2) is 5.82 Å². The number of nitrogens with one attached hydrogen (secondary N) is 1. The number of nitrogens with zero attached hydrogens (tertiary/aromatic N) is 4. The molecular formula is C13H15N5O2. The maximum absolute atomic E-state index is 11.8. The number of aromatic nitrogens is 4. The van der Waals surface area contributed by atoms with Crippen LogP contribution in [0.25, 0.3) is 11.4 Å². The number of carbonyl (C=O) groups excluding carboxylic acids is 1. The number of tetrazole rings is 1. The average Bonchev–Trinajstić information content (AvgIpc) is 2.86.